The molecule has 0 saturated carbocycles. The van der Waals surface area contributed by atoms with Gasteiger partial charge in [-0.3, -0.25) is 0 Å². The summed E-state index contributed by atoms with van der Waals surface area (Å²) in [5.41, 5.74) is 4.44. The maximum atomic E-state index is 9.84. The van der Waals surface area contributed by atoms with E-state index in [4.69, 9.17) is 14.5 Å². The monoisotopic (exact) mass is 584 g/mol. The number of halogens is 1. The zero-order valence-electron chi connectivity index (χ0n) is 21.4. The number of methoxy groups -OCH3 is 2. The Labute approximate surface area is 234 Å². The first-order chi connectivity index (χ1) is 19.0. The van der Waals surface area contributed by atoms with Gasteiger partial charge < -0.3 is 19.5 Å². The van der Waals surface area contributed by atoms with Crippen LogP contribution >= 0.6 is 15.9 Å². The summed E-state index contributed by atoms with van der Waals surface area (Å²) in [6.45, 7) is 0.711. The third kappa shape index (κ3) is 5.55. The number of aliphatic hydroxyl groups excluding tert-OH is 1. The maximum absolute atomic E-state index is 9.84. The number of aromatic nitrogens is 4. The summed E-state index contributed by atoms with van der Waals surface area (Å²) in [6.07, 6.45) is 0. The second-order valence-corrected chi connectivity index (χ2v) is 9.49. The van der Waals surface area contributed by atoms with E-state index in [0.29, 0.717) is 40.4 Å². The van der Waals surface area contributed by atoms with Crippen LogP contribution in [-0.2, 0) is 19.7 Å². The molecule has 39 heavy (non-hydrogen) atoms. The second-order valence-electron chi connectivity index (χ2n) is 8.74. The van der Waals surface area contributed by atoms with Crippen LogP contribution in [0.2, 0.25) is 0 Å². The lowest BCUT2D eigenvalue weighted by Gasteiger charge is -2.25. The molecule has 0 amide bonds. The fourth-order valence-corrected chi connectivity index (χ4v) is 4.81. The molecule has 0 radical (unpaired) electrons. The molecule has 0 aliphatic rings. The molecule has 0 unspecified atom stereocenters. The standard InChI is InChI=1S/C29H25BrN6O3/c1-38-23-10-6-19(7-11-23)16-35(17-20-8-12-24(39-2)13-9-20)28-29-32-25(18-37)34-36(29)27(30)26(33-28)22-5-3-4-21(14-22)15-31/h3-14,37H,16-18H2,1-2H3. The highest BCUT2D eigenvalue weighted by Crippen LogP contribution is 2.33. The van der Waals surface area contributed by atoms with Crippen molar-refractivity contribution in [3.63, 3.8) is 0 Å². The minimum Gasteiger partial charge on any atom is -0.497 e. The zero-order chi connectivity index (χ0) is 27.4. The maximum Gasteiger partial charge on any atom is 0.199 e. The lowest BCUT2D eigenvalue weighted by Crippen LogP contribution is -2.24. The van der Waals surface area contributed by atoms with Gasteiger partial charge in [-0.1, -0.05) is 36.4 Å². The molecular weight excluding hydrogens is 560 g/mol. The van der Waals surface area contributed by atoms with Gasteiger partial charge in [0.15, 0.2) is 17.3 Å². The molecule has 1 N–H and O–H groups in total. The lowest BCUT2D eigenvalue weighted by atomic mass is 10.1. The van der Waals surface area contributed by atoms with E-state index in [1.165, 1.54) is 0 Å². The first-order valence-corrected chi connectivity index (χ1v) is 12.9. The predicted octanol–water partition coefficient (Wildman–Crippen LogP) is 5.14. The van der Waals surface area contributed by atoms with Gasteiger partial charge in [0.05, 0.1) is 25.9 Å². The molecule has 0 aliphatic heterocycles. The van der Waals surface area contributed by atoms with E-state index in [-0.39, 0.29) is 12.4 Å². The topological polar surface area (TPSA) is 109 Å². The Morgan fingerprint density at radius 3 is 2.08 bits per heavy atom. The van der Waals surface area contributed by atoms with Gasteiger partial charge >= 0.3 is 0 Å². The molecule has 0 atom stereocenters. The van der Waals surface area contributed by atoms with Gasteiger partial charge in [-0.05, 0) is 63.5 Å². The van der Waals surface area contributed by atoms with Crippen LogP contribution in [0.1, 0.15) is 22.5 Å². The molecule has 3 aromatic carbocycles. The van der Waals surface area contributed by atoms with E-state index in [2.05, 4.69) is 37.0 Å². The molecule has 0 fully saturated rings. The summed E-state index contributed by atoms with van der Waals surface area (Å²) in [7, 11) is 3.28. The highest BCUT2D eigenvalue weighted by Gasteiger charge is 2.23. The van der Waals surface area contributed by atoms with Crippen molar-refractivity contribution >= 4 is 27.4 Å². The van der Waals surface area contributed by atoms with Gasteiger partial charge in [-0.25, -0.2) is 14.5 Å². The second kappa shape index (κ2) is 11.5. The average molecular weight is 585 g/mol. The molecule has 0 aliphatic carbocycles. The van der Waals surface area contributed by atoms with E-state index < -0.39 is 0 Å². The Kier molecular flexibility index (Phi) is 7.72. The van der Waals surface area contributed by atoms with Crippen molar-refractivity contribution in [3.05, 3.63) is 99.9 Å². The molecule has 5 aromatic rings. The Hall–Kier alpha value is -4.46. The van der Waals surface area contributed by atoms with Crippen LogP contribution in [-0.4, -0.2) is 38.9 Å². The van der Waals surface area contributed by atoms with Crippen molar-refractivity contribution in [2.75, 3.05) is 19.1 Å². The van der Waals surface area contributed by atoms with Crippen molar-refractivity contribution in [2.45, 2.75) is 19.7 Å². The average Bonchev–Trinajstić information content (AvgIpc) is 3.43. The minimum absolute atomic E-state index is 0.274. The van der Waals surface area contributed by atoms with Crippen molar-refractivity contribution in [1.29, 1.82) is 5.26 Å². The Morgan fingerprint density at radius 1 is 0.923 bits per heavy atom. The molecule has 9 nitrogen and oxygen atoms in total. The van der Waals surface area contributed by atoms with Gasteiger partial charge in [0.1, 0.15) is 28.4 Å². The quantitative estimate of drug-likeness (QED) is 0.253. The molecule has 0 bridgehead atoms. The lowest BCUT2D eigenvalue weighted by molar-refractivity contribution is 0.271. The van der Waals surface area contributed by atoms with Gasteiger partial charge in [0.2, 0.25) is 0 Å². The van der Waals surface area contributed by atoms with Crippen LogP contribution in [0.3, 0.4) is 0 Å². The Balaban J connectivity index is 1.68. The van der Waals surface area contributed by atoms with Crippen LogP contribution in [0, 0.1) is 11.3 Å². The van der Waals surface area contributed by atoms with Crippen molar-refractivity contribution in [3.8, 4) is 28.8 Å². The summed E-state index contributed by atoms with van der Waals surface area (Å²) < 4.78 is 12.9. The van der Waals surface area contributed by atoms with E-state index in [1.807, 2.05) is 60.7 Å². The van der Waals surface area contributed by atoms with Gasteiger partial charge in [-0.15, -0.1) is 5.10 Å². The molecular formula is C29H25BrN6O3. The number of hydrogen-bond donors (Lipinski definition) is 1. The first kappa shape index (κ1) is 26.2. The molecule has 2 heterocycles. The van der Waals surface area contributed by atoms with E-state index in [0.717, 1.165) is 28.2 Å². The van der Waals surface area contributed by atoms with Crippen molar-refractivity contribution in [2.24, 2.45) is 0 Å². The fourth-order valence-electron chi connectivity index (χ4n) is 4.25. The van der Waals surface area contributed by atoms with Crippen LogP contribution in [0.5, 0.6) is 11.5 Å². The molecule has 5 rings (SSSR count). The third-order valence-corrected chi connectivity index (χ3v) is 6.93. The summed E-state index contributed by atoms with van der Waals surface area (Å²) in [6, 6.07) is 25.2. The zero-order valence-corrected chi connectivity index (χ0v) is 23.0. The summed E-state index contributed by atoms with van der Waals surface area (Å²) in [4.78, 5) is 11.8. The van der Waals surface area contributed by atoms with E-state index >= 15 is 0 Å². The number of rotatable bonds is 9. The highest BCUT2D eigenvalue weighted by atomic mass is 79.9. The van der Waals surface area contributed by atoms with Gasteiger partial charge in [-0.2, -0.15) is 5.26 Å². The van der Waals surface area contributed by atoms with E-state index in [9.17, 15) is 10.4 Å². The number of benzene rings is 3. The fraction of sp³-hybridized carbons (Fsp3) is 0.172. The minimum atomic E-state index is -0.316. The number of fused-ring (bicyclic) bond motifs is 1. The number of nitrogens with zero attached hydrogens (tertiary/aromatic N) is 6. The summed E-state index contributed by atoms with van der Waals surface area (Å²) in [5.74, 6) is 2.40. The molecule has 2 aromatic heterocycles. The van der Waals surface area contributed by atoms with Gasteiger partial charge in [0.25, 0.3) is 0 Å². The largest absolute Gasteiger partial charge is 0.497 e. The van der Waals surface area contributed by atoms with E-state index in [1.54, 1.807) is 30.9 Å². The number of anilines is 1. The predicted molar refractivity (Wildman–Crippen MR) is 150 cm³/mol. The number of hydrogen-bond acceptors (Lipinski definition) is 8. The van der Waals surface area contributed by atoms with Gasteiger partial charge in [0, 0.05) is 18.7 Å². The van der Waals surface area contributed by atoms with Crippen LogP contribution < -0.4 is 14.4 Å². The summed E-state index contributed by atoms with van der Waals surface area (Å²) >= 11 is 3.64. The molecule has 10 heteroatoms. The third-order valence-electron chi connectivity index (χ3n) is 6.22. The van der Waals surface area contributed by atoms with Crippen molar-refractivity contribution < 1.29 is 14.6 Å². The molecule has 196 valence electrons. The normalized spacial score (nSPS) is 10.8. The first-order valence-electron chi connectivity index (χ1n) is 12.1. The van der Waals surface area contributed by atoms with Crippen molar-refractivity contribution in [1.82, 2.24) is 19.6 Å². The Bertz CT molecular complexity index is 1600. The highest BCUT2D eigenvalue weighted by molar-refractivity contribution is 9.10. The van der Waals surface area contributed by atoms with Crippen LogP contribution in [0.4, 0.5) is 5.82 Å². The number of aliphatic hydroxyl groups is 1. The smallest absolute Gasteiger partial charge is 0.199 e. The number of ether oxygens (including phenoxy) is 2. The molecule has 0 spiro atoms. The SMILES string of the molecule is COc1ccc(CN(Cc2ccc(OC)cc2)c2nc(-c3cccc(C#N)c3)c(Br)n3nc(CO)nc23)cc1. The Morgan fingerprint density at radius 2 is 1.54 bits per heavy atom. The summed E-state index contributed by atoms with van der Waals surface area (Å²) in [5, 5.41) is 23.8. The van der Waals surface area contributed by atoms with Crippen LogP contribution in [0.15, 0.2) is 77.4 Å². The molecule has 0 saturated heterocycles. The number of nitriles is 1. The van der Waals surface area contributed by atoms with Crippen LogP contribution in [0.25, 0.3) is 16.9 Å².